The van der Waals surface area contributed by atoms with Gasteiger partial charge in [-0.3, -0.25) is 15.0 Å². The van der Waals surface area contributed by atoms with E-state index in [0.29, 0.717) is 44.9 Å². The average molecular weight is 354 g/mol. The molecule has 0 aliphatic carbocycles. The van der Waals surface area contributed by atoms with Crippen LogP contribution >= 0.6 is 0 Å². The van der Waals surface area contributed by atoms with Crippen LogP contribution in [0.25, 0.3) is 0 Å². The zero-order valence-corrected chi connectivity index (χ0v) is 14.7. The minimum absolute atomic E-state index is 0.422. The van der Waals surface area contributed by atoms with Crippen LogP contribution in [0.4, 0.5) is 0 Å². The second-order valence-corrected chi connectivity index (χ2v) is 8.45. The van der Waals surface area contributed by atoms with E-state index >= 15 is 0 Å². The van der Waals surface area contributed by atoms with Crippen LogP contribution < -0.4 is 10.8 Å². The third-order valence-electron chi connectivity index (χ3n) is 5.26. The molecule has 3 aliphatic heterocycles. The first-order chi connectivity index (χ1) is 11.7. The van der Waals surface area contributed by atoms with Gasteiger partial charge in [0.05, 0.1) is 0 Å². The minimum atomic E-state index is -1.44. The van der Waals surface area contributed by atoms with E-state index in [9.17, 15) is 9.00 Å². The molecule has 0 aromatic heterocycles. The van der Waals surface area contributed by atoms with Crippen molar-refractivity contribution in [3.63, 3.8) is 0 Å². The van der Waals surface area contributed by atoms with Crippen molar-refractivity contribution in [1.29, 1.82) is 0 Å². The molecule has 0 radical (unpaired) electrons. The number of nitrogens with zero attached hydrogens (tertiary/aromatic N) is 2. The molecule has 3 heterocycles. The quantitative estimate of drug-likeness (QED) is 0.513. The second kappa shape index (κ2) is 7.86. The van der Waals surface area contributed by atoms with Crippen molar-refractivity contribution in [3.8, 4) is 0 Å². The molecule has 1 unspecified atom stereocenters. The maximum Gasteiger partial charge on any atom is 0.263 e. The fourth-order valence-corrected chi connectivity index (χ4v) is 5.57. The molecule has 0 aromatic carbocycles. The van der Waals surface area contributed by atoms with Gasteiger partial charge < -0.3 is 5.32 Å². The summed E-state index contributed by atoms with van der Waals surface area (Å²) in [7, 11) is -1.44. The highest BCUT2D eigenvalue weighted by Crippen LogP contribution is 2.33. The average Bonchev–Trinajstić information content (AvgIpc) is 2.68. The minimum Gasteiger partial charge on any atom is -0.317 e. The Balaban J connectivity index is 1.66. The molecule has 3 rings (SSSR count). The molecular formula is C16H26N4O3S. The monoisotopic (exact) mass is 354 g/mol. The lowest BCUT2D eigenvalue weighted by molar-refractivity contribution is -0.132. The Morgan fingerprint density at radius 1 is 1.33 bits per heavy atom. The van der Waals surface area contributed by atoms with Crippen LogP contribution in [-0.2, 0) is 15.8 Å². The number of amides is 1. The van der Waals surface area contributed by atoms with Gasteiger partial charge in [0.2, 0.25) is 0 Å². The number of nitrogens with one attached hydrogen (secondary N) is 2. The molecule has 2 fully saturated rings. The molecule has 1 atom stereocenters. The standard InChI is InChI=1S/C16H26N4O3S/c21-15(19-22)16(6-9-17-10-7-16)24(23)20-11-4-13(5-12-20)14-3-1-2-8-18-14/h3,8,13,17,22H,1-2,4-7,9-12H2,(H,19,21). The number of carbonyl (C=O) groups is 1. The normalized spacial score (nSPS) is 26.6. The van der Waals surface area contributed by atoms with Gasteiger partial charge in [-0.25, -0.2) is 14.0 Å². The highest BCUT2D eigenvalue weighted by atomic mass is 32.2. The summed E-state index contributed by atoms with van der Waals surface area (Å²) in [5.41, 5.74) is 2.90. The SMILES string of the molecule is O=C(NO)C1(S(=O)N2CCC(C3=CCCC=N3)CC2)CCNCC1. The van der Waals surface area contributed by atoms with Gasteiger partial charge in [-0.2, -0.15) is 0 Å². The van der Waals surface area contributed by atoms with Gasteiger partial charge in [0.1, 0.15) is 15.7 Å². The first-order valence-electron chi connectivity index (χ1n) is 8.72. The molecule has 8 heteroatoms. The summed E-state index contributed by atoms with van der Waals surface area (Å²) in [6, 6.07) is 0. The molecule has 0 saturated carbocycles. The van der Waals surface area contributed by atoms with Crippen LogP contribution in [0.1, 0.15) is 38.5 Å². The van der Waals surface area contributed by atoms with Crippen LogP contribution in [0, 0.1) is 5.92 Å². The number of hydrogen-bond acceptors (Lipinski definition) is 5. The smallest absolute Gasteiger partial charge is 0.263 e. The first-order valence-corrected chi connectivity index (χ1v) is 9.83. The summed E-state index contributed by atoms with van der Waals surface area (Å²) in [6.45, 7) is 2.66. The molecule has 3 aliphatic rings. The molecule has 0 aromatic rings. The van der Waals surface area contributed by atoms with Gasteiger partial charge in [0, 0.05) is 30.9 Å². The van der Waals surface area contributed by atoms with Crippen LogP contribution in [0.3, 0.4) is 0 Å². The number of aliphatic imine (C=N–C) groups is 1. The predicted octanol–water partition coefficient (Wildman–Crippen LogP) is 0.738. The van der Waals surface area contributed by atoms with Crippen molar-refractivity contribution < 1.29 is 14.2 Å². The Bertz CT molecular complexity index is 550. The summed E-state index contributed by atoms with van der Waals surface area (Å²) < 4.78 is 14.0. The van der Waals surface area contributed by atoms with E-state index in [1.54, 1.807) is 5.48 Å². The zero-order valence-electron chi connectivity index (χ0n) is 13.9. The molecule has 24 heavy (non-hydrogen) atoms. The third-order valence-corrected chi connectivity index (χ3v) is 7.35. The lowest BCUT2D eigenvalue weighted by Gasteiger charge is -2.40. The lowest BCUT2D eigenvalue weighted by Crippen LogP contribution is -2.59. The summed E-state index contributed by atoms with van der Waals surface area (Å²) in [6.07, 6.45) is 9.02. The molecule has 1 amide bonds. The van der Waals surface area contributed by atoms with Crippen molar-refractivity contribution in [2.45, 2.75) is 43.3 Å². The summed E-state index contributed by atoms with van der Waals surface area (Å²) >= 11 is 0. The maximum atomic E-state index is 13.2. The number of hydroxylamine groups is 1. The Labute approximate surface area is 145 Å². The molecule has 0 spiro atoms. The van der Waals surface area contributed by atoms with E-state index in [2.05, 4.69) is 16.4 Å². The van der Waals surface area contributed by atoms with Crippen LogP contribution in [-0.4, -0.2) is 56.8 Å². The van der Waals surface area contributed by atoms with Gasteiger partial charge in [-0.15, -0.1) is 0 Å². The lowest BCUT2D eigenvalue weighted by atomic mass is 9.93. The highest BCUT2D eigenvalue weighted by molar-refractivity contribution is 7.85. The largest absolute Gasteiger partial charge is 0.317 e. The van der Waals surface area contributed by atoms with Crippen molar-refractivity contribution in [3.05, 3.63) is 11.8 Å². The van der Waals surface area contributed by atoms with Gasteiger partial charge in [-0.05, 0) is 51.6 Å². The van der Waals surface area contributed by atoms with Crippen molar-refractivity contribution in [1.82, 2.24) is 15.1 Å². The summed E-state index contributed by atoms with van der Waals surface area (Å²) in [5, 5.41) is 12.3. The van der Waals surface area contributed by atoms with Crippen molar-refractivity contribution >= 4 is 23.1 Å². The number of carbonyl (C=O) groups excluding carboxylic acids is 1. The number of allylic oxidation sites excluding steroid dienone is 2. The fraction of sp³-hybridized carbons (Fsp3) is 0.750. The van der Waals surface area contributed by atoms with Crippen LogP contribution in [0.15, 0.2) is 16.8 Å². The highest BCUT2D eigenvalue weighted by Gasteiger charge is 2.48. The molecule has 0 bridgehead atoms. The molecule has 2 saturated heterocycles. The molecule has 134 valence electrons. The van der Waals surface area contributed by atoms with Gasteiger partial charge in [0.15, 0.2) is 0 Å². The zero-order chi connectivity index (χ0) is 17.0. The Hall–Kier alpha value is -1.09. The van der Waals surface area contributed by atoms with E-state index in [4.69, 9.17) is 5.21 Å². The van der Waals surface area contributed by atoms with E-state index < -0.39 is 21.6 Å². The second-order valence-electron chi connectivity index (χ2n) is 6.66. The van der Waals surface area contributed by atoms with E-state index in [1.807, 2.05) is 10.5 Å². The predicted molar refractivity (Wildman–Crippen MR) is 93.0 cm³/mol. The summed E-state index contributed by atoms with van der Waals surface area (Å²) in [5.74, 6) is -0.102. The van der Waals surface area contributed by atoms with Crippen LogP contribution in [0.5, 0.6) is 0 Å². The fourth-order valence-electron chi connectivity index (χ4n) is 3.78. The summed E-state index contributed by atoms with van der Waals surface area (Å²) in [4.78, 5) is 16.8. The Morgan fingerprint density at radius 2 is 2.04 bits per heavy atom. The molecular weight excluding hydrogens is 328 g/mol. The van der Waals surface area contributed by atoms with Gasteiger partial charge in [-0.1, -0.05) is 6.08 Å². The number of hydrogen-bond donors (Lipinski definition) is 3. The first kappa shape index (κ1) is 17.7. The topological polar surface area (TPSA) is 94.0 Å². The number of rotatable bonds is 4. The molecule has 3 N–H and O–H groups in total. The Kier molecular flexibility index (Phi) is 5.80. The van der Waals surface area contributed by atoms with E-state index in [1.165, 1.54) is 0 Å². The maximum absolute atomic E-state index is 13.2. The Morgan fingerprint density at radius 3 is 2.62 bits per heavy atom. The molecule has 7 nitrogen and oxygen atoms in total. The third kappa shape index (κ3) is 3.46. The van der Waals surface area contributed by atoms with Crippen molar-refractivity contribution in [2.24, 2.45) is 10.9 Å². The van der Waals surface area contributed by atoms with Gasteiger partial charge in [0.25, 0.3) is 5.91 Å². The van der Waals surface area contributed by atoms with Crippen molar-refractivity contribution in [2.75, 3.05) is 26.2 Å². The van der Waals surface area contributed by atoms with Gasteiger partial charge >= 0.3 is 0 Å². The van der Waals surface area contributed by atoms with E-state index in [-0.39, 0.29) is 0 Å². The number of piperidine rings is 2. The van der Waals surface area contributed by atoms with Crippen LogP contribution in [0.2, 0.25) is 0 Å². The van der Waals surface area contributed by atoms with E-state index in [0.717, 1.165) is 31.4 Å².